The van der Waals surface area contributed by atoms with Crippen LogP contribution in [-0.2, 0) is 13.1 Å². The van der Waals surface area contributed by atoms with Gasteiger partial charge in [0.05, 0.1) is 36.0 Å². The Kier molecular flexibility index (Phi) is 4.90. The first-order chi connectivity index (χ1) is 14.5. The lowest BCUT2D eigenvalue weighted by Gasteiger charge is -2.26. The zero-order valence-corrected chi connectivity index (χ0v) is 15.8. The number of primary amides is 1. The monoisotopic (exact) mass is 404 g/mol. The van der Waals surface area contributed by atoms with E-state index in [1.807, 2.05) is 6.07 Å². The quantitative estimate of drug-likeness (QED) is 0.698. The first kappa shape index (κ1) is 19.1. The standard InChI is InChI=1S/C21H17FN6O2/c22-15-3-1-2-14(10-15)19-18(17-12-27(21(24)30)8-9-28(17)26-19)20(29)25-16-6-4-13(11-23)5-7-16/h1-7,10H,8-9,12H2,(H2,24,30)(H,25,29). The summed E-state index contributed by atoms with van der Waals surface area (Å²) in [7, 11) is 0. The molecule has 1 aliphatic heterocycles. The van der Waals surface area contributed by atoms with E-state index in [-0.39, 0.29) is 12.1 Å². The molecule has 0 spiro atoms. The van der Waals surface area contributed by atoms with Crippen LogP contribution in [0.3, 0.4) is 0 Å². The lowest BCUT2D eigenvalue weighted by atomic mass is 10.0. The van der Waals surface area contributed by atoms with Crippen molar-refractivity contribution in [2.24, 2.45) is 5.73 Å². The molecule has 1 aliphatic rings. The van der Waals surface area contributed by atoms with Gasteiger partial charge in [-0.15, -0.1) is 0 Å². The first-order valence-electron chi connectivity index (χ1n) is 9.18. The molecule has 150 valence electrons. The van der Waals surface area contributed by atoms with E-state index in [0.29, 0.717) is 41.3 Å². The van der Waals surface area contributed by atoms with Gasteiger partial charge in [-0.1, -0.05) is 12.1 Å². The maximum atomic E-state index is 13.8. The van der Waals surface area contributed by atoms with Crippen LogP contribution in [0, 0.1) is 17.1 Å². The van der Waals surface area contributed by atoms with Crippen LogP contribution >= 0.6 is 0 Å². The molecule has 0 saturated heterocycles. The van der Waals surface area contributed by atoms with Crippen LogP contribution in [0.5, 0.6) is 0 Å². The minimum absolute atomic E-state index is 0.119. The zero-order chi connectivity index (χ0) is 21.3. The molecule has 3 aromatic rings. The highest BCUT2D eigenvalue weighted by molar-refractivity contribution is 6.09. The number of nitrogens with zero attached hydrogens (tertiary/aromatic N) is 4. The van der Waals surface area contributed by atoms with Crippen molar-refractivity contribution in [3.05, 3.63) is 71.2 Å². The molecule has 2 heterocycles. The SMILES string of the molecule is N#Cc1ccc(NC(=O)c2c(-c3cccc(F)c3)nn3c2CN(C(N)=O)CC3)cc1. The van der Waals surface area contributed by atoms with Crippen molar-refractivity contribution < 1.29 is 14.0 Å². The lowest BCUT2D eigenvalue weighted by molar-refractivity contribution is 0.102. The van der Waals surface area contributed by atoms with Gasteiger partial charge in [0.1, 0.15) is 11.5 Å². The summed E-state index contributed by atoms with van der Waals surface area (Å²) in [6.07, 6.45) is 0. The molecule has 8 nitrogen and oxygen atoms in total. The van der Waals surface area contributed by atoms with Gasteiger partial charge in [-0.2, -0.15) is 10.4 Å². The van der Waals surface area contributed by atoms with E-state index in [4.69, 9.17) is 11.0 Å². The molecule has 0 bridgehead atoms. The molecule has 9 heteroatoms. The second-order valence-corrected chi connectivity index (χ2v) is 6.81. The molecule has 0 unspecified atom stereocenters. The number of hydrogen-bond donors (Lipinski definition) is 2. The predicted octanol–water partition coefficient (Wildman–Crippen LogP) is 2.71. The molecule has 0 fully saturated rings. The third-order valence-corrected chi connectivity index (χ3v) is 4.89. The summed E-state index contributed by atoms with van der Waals surface area (Å²) in [5.41, 5.74) is 7.92. The van der Waals surface area contributed by atoms with E-state index in [1.54, 1.807) is 41.1 Å². The zero-order valence-electron chi connectivity index (χ0n) is 15.8. The molecule has 0 atom stereocenters. The van der Waals surface area contributed by atoms with E-state index in [2.05, 4.69) is 10.4 Å². The van der Waals surface area contributed by atoms with Crippen molar-refractivity contribution in [2.75, 3.05) is 11.9 Å². The minimum atomic E-state index is -0.590. The number of urea groups is 1. The molecule has 0 aliphatic carbocycles. The maximum absolute atomic E-state index is 13.8. The Morgan fingerprint density at radius 1 is 1.17 bits per heavy atom. The van der Waals surface area contributed by atoms with Crippen LogP contribution in [0.25, 0.3) is 11.3 Å². The van der Waals surface area contributed by atoms with Gasteiger partial charge >= 0.3 is 6.03 Å². The van der Waals surface area contributed by atoms with E-state index in [0.717, 1.165) is 0 Å². The fraction of sp³-hybridized carbons (Fsp3) is 0.143. The summed E-state index contributed by atoms with van der Waals surface area (Å²) >= 11 is 0. The van der Waals surface area contributed by atoms with Gasteiger partial charge in [0.2, 0.25) is 0 Å². The largest absolute Gasteiger partial charge is 0.351 e. The molecule has 0 saturated carbocycles. The van der Waals surface area contributed by atoms with Crippen LogP contribution in [0.4, 0.5) is 14.9 Å². The Morgan fingerprint density at radius 2 is 1.93 bits per heavy atom. The number of hydrogen-bond acceptors (Lipinski definition) is 4. The number of nitrogens with one attached hydrogen (secondary N) is 1. The lowest BCUT2D eigenvalue weighted by Crippen LogP contribution is -2.42. The molecule has 3 amide bonds. The molecule has 1 aromatic heterocycles. The van der Waals surface area contributed by atoms with Crippen molar-refractivity contribution >= 4 is 17.6 Å². The van der Waals surface area contributed by atoms with Gasteiger partial charge in [-0.25, -0.2) is 9.18 Å². The van der Waals surface area contributed by atoms with E-state index in [9.17, 15) is 14.0 Å². The highest BCUT2D eigenvalue weighted by Gasteiger charge is 2.30. The number of benzene rings is 2. The number of nitrogens with two attached hydrogens (primary N) is 1. The van der Waals surface area contributed by atoms with Gasteiger partial charge in [-0.05, 0) is 36.4 Å². The topological polar surface area (TPSA) is 117 Å². The Labute approximate surface area is 171 Å². The van der Waals surface area contributed by atoms with Gasteiger partial charge in [-0.3, -0.25) is 9.48 Å². The summed E-state index contributed by atoms with van der Waals surface area (Å²) in [4.78, 5) is 26.3. The molecular formula is C21H17FN6O2. The summed E-state index contributed by atoms with van der Waals surface area (Å²) in [5, 5.41) is 16.2. The van der Waals surface area contributed by atoms with E-state index < -0.39 is 17.8 Å². The number of amides is 3. The second-order valence-electron chi connectivity index (χ2n) is 6.81. The third kappa shape index (κ3) is 3.58. The number of halogens is 1. The summed E-state index contributed by atoms with van der Waals surface area (Å²) < 4.78 is 15.5. The average Bonchev–Trinajstić information content (AvgIpc) is 3.13. The van der Waals surface area contributed by atoms with Gasteiger partial charge in [0.25, 0.3) is 5.91 Å². The number of carbonyl (C=O) groups is 2. The number of fused-ring (bicyclic) bond motifs is 1. The molecule has 0 radical (unpaired) electrons. The van der Waals surface area contributed by atoms with Crippen molar-refractivity contribution in [2.45, 2.75) is 13.1 Å². The van der Waals surface area contributed by atoms with Crippen molar-refractivity contribution in [1.82, 2.24) is 14.7 Å². The van der Waals surface area contributed by atoms with Crippen LogP contribution in [-0.4, -0.2) is 33.2 Å². The van der Waals surface area contributed by atoms with Crippen molar-refractivity contribution in [3.63, 3.8) is 0 Å². The number of carbonyl (C=O) groups excluding carboxylic acids is 2. The molecule has 30 heavy (non-hydrogen) atoms. The highest BCUT2D eigenvalue weighted by Crippen LogP contribution is 2.29. The summed E-state index contributed by atoms with van der Waals surface area (Å²) in [5.74, 6) is -0.901. The Morgan fingerprint density at radius 3 is 2.60 bits per heavy atom. The average molecular weight is 404 g/mol. The Bertz CT molecular complexity index is 1180. The van der Waals surface area contributed by atoms with Gasteiger partial charge in [0, 0.05) is 17.8 Å². The highest BCUT2D eigenvalue weighted by atomic mass is 19.1. The van der Waals surface area contributed by atoms with Crippen LogP contribution in [0.2, 0.25) is 0 Å². The third-order valence-electron chi connectivity index (χ3n) is 4.89. The predicted molar refractivity (Wildman–Crippen MR) is 107 cm³/mol. The van der Waals surface area contributed by atoms with Gasteiger partial charge in [0.15, 0.2) is 0 Å². The van der Waals surface area contributed by atoms with Crippen LogP contribution in [0.1, 0.15) is 21.6 Å². The second kappa shape index (κ2) is 7.67. The molecule has 3 N–H and O–H groups in total. The van der Waals surface area contributed by atoms with Crippen LogP contribution in [0.15, 0.2) is 48.5 Å². The first-order valence-corrected chi connectivity index (χ1v) is 9.18. The minimum Gasteiger partial charge on any atom is -0.351 e. The summed E-state index contributed by atoms with van der Waals surface area (Å²) in [6, 6.07) is 13.7. The Balaban J connectivity index is 1.77. The molecule has 2 aromatic carbocycles. The maximum Gasteiger partial charge on any atom is 0.315 e. The fourth-order valence-electron chi connectivity index (χ4n) is 3.40. The van der Waals surface area contributed by atoms with Gasteiger partial charge < -0.3 is 16.0 Å². The normalized spacial score (nSPS) is 12.7. The summed E-state index contributed by atoms with van der Waals surface area (Å²) in [6.45, 7) is 0.849. The number of aromatic nitrogens is 2. The smallest absolute Gasteiger partial charge is 0.315 e. The van der Waals surface area contributed by atoms with Crippen LogP contribution < -0.4 is 11.1 Å². The molecule has 4 rings (SSSR count). The van der Waals surface area contributed by atoms with E-state index in [1.165, 1.54) is 17.0 Å². The molecular weight excluding hydrogens is 387 g/mol. The Hall–Kier alpha value is -4.19. The van der Waals surface area contributed by atoms with E-state index >= 15 is 0 Å². The number of nitriles is 1. The van der Waals surface area contributed by atoms with Crippen molar-refractivity contribution in [3.8, 4) is 17.3 Å². The fourth-order valence-corrected chi connectivity index (χ4v) is 3.40. The number of anilines is 1. The van der Waals surface area contributed by atoms with Crippen molar-refractivity contribution in [1.29, 1.82) is 5.26 Å². The number of rotatable bonds is 3.